The molecule has 7 nitrogen and oxygen atoms in total. The van der Waals surface area contributed by atoms with E-state index in [0.29, 0.717) is 61.3 Å². The molecule has 27 heavy (non-hydrogen) atoms. The van der Waals surface area contributed by atoms with E-state index in [9.17, 15) is 8.78 Å². The topological polar surface area (TPSA) is 67.3 Å². The Morgan fingerprint density at radius 2 is 1.74 bits per heavy atom. The first-order valence-corrected chi connectivity index (χ1v) is 8.71. The molecule has 1 aliphatic heterocycles. The molecule has 1 aliphatic rings. The highest BCUT2D eigenvalue weighted by Gasteiger charge is 2.22. The van der Waals surface area contributed by atoms with E-state index in [0.717, 1.165) is 12.1 Å². The average Bonchev–Trinajstić information content (AvgIpc) is 2.69. The molecule has 0 radical (unpaired) electrons. The summed E-state index contributed by atoms with van der Waals surface area (Å²) in [5.74, 6) is -0.0605. The Morgan fingerprint density at radius 1 is 1.00 bits per heavy atom. The first-order chi connectivity index (χ1) is 13.2. The number of hydrogen-bond donors (Lipinski definition) is 0. The lowest BCUT2D eigenvalue weighted by Gasteiger charge is -2.35. The molecular weight excluding hydrogens is 354 g/mol. The van der Waals surface area contributed by atoms with Crippen LogP contribution in [0.2, 0.25) is 0 Å². The van der Waals surface area contributed by atoms with E-state index >= 15 is 0 Å². The second-order valence-electron chi connectivity index (χ2n) is 6.08. The fraction of sp³-hybridized carbons (Fsp3) is 0.333. The smallest absolute Gasteiger partial charge is 0.228 e. The average molecular weight is 372 g/mol. The van der Waals surface area contributed by atoms with Crippen LogP contribution in [0.1, 0.15) is 6.92 Å². The van der Waals surface area contributed by atoms with Crippen LogP contribution in [-0.4, -0.2) is 52.7 Å². The minimum absolute atomic E-state index is 0.383. The van der Waals surface area contributed by atoms with Gasteiger partial charge in [0.05, 0.1) is 12.1 Å². The first-order valence-electron chi connectivity index (χ1n) is 8.71. The minimum Gasteiger partial charge on any atom is -0.478 e. The molecule has 1 saturated heterocycles. The summed E-state index contributed by atoms with van der Waals surface area (Å²) >= 11 is 0. The van der Waals surface area contributed by atoms with Crippen LogP contribution in [0.5, 0.6) is 5.88 Å². The van der Waals surface area contributed by atoms with Crippen molar-refractivity contribution in [3.05, 3.63) is 42.4 Å². The molecule has 1 aromatic carbocycles. The lowest BCUT2D eigenvalue weighted by atomic mass is 10.2. The Kier molecular flexibility index (Phi) is 4.66. The Labute approximate surface area is 154 Å². The summed E-state index contributed by atoms with van der Waals surface area (Å²) < 4.78 is 32.6. The molecule has 0 unspecified atom stereocenters. The van der Waals surface area contributed by atoms with E-state index in [4.69, 9.17) is 4.74 Å². The fourth-order valence-corrected chi connectivity index (χ4v) is 3.12. The molecule has 1 fully saturated rings. The fourth-order valence-electron chi connectivity index (χ4n) is 3.12. The van der Waals surface area contributed by atoms with Gasteiger partial charge in [0, 0.05) is 49.9 Å². The largest absolute Gasteiger partial charge is 0.478 e. The normalized spacial score (nSPS) is 14.6. The zero-order valence-corrected chi connectivity index (χ0v) is 14.8. The number of nitrogens with zero attached hydrogens (tertiary/aromatic N) is 6. The highest BCUT2D eigenvalue weighted by Crippen LogP contribution is 2.26. The third-order valence-electron chi connectivity index (χ3n) is 4.43. The molecular formula is C18H18F2N6O. The van der Waals surface area contributed by atoms with E-state index in [2.05, 4.69) is 24.8 Å². The van der Waals surface area contributed by atoms with Crippen molar-refractivity contribution in [3.63, 3.8) is 0 Å². The molecule has 0 N–H and O–H groups in total. The standard InChI is InChI=1S/C18H18F2N6O/c1-2-27-16-3-4-21-18(24-16)26-7-5-25(6-8-26)17-12-9-13(19)14(20)10-15(12)22-11-23-17/h3-4,9-11H,2,5-8H2,1H3. The van der Waals surface area contributed by atoms with Gasteiger partial charge in [0.2, 0.25) is 11.8 Å². The number of halogens is 2. The van der Waals surface area contributed by atoms with Gasteiger partial charge in [-0.05, 0) is 13.0 Å². The van der Waals surface area contributed by atoms with Gasteiger partial charge < -0.3 is 14.5 Å². The molecule has 3 heterocycles. The maximum absolute atomic E-state index is 13.7. The van der Waals surface area contributed by atoms with Gasteiger partial charge in [-0.2, -0.15) is 4.98 Å². The van der Waals surface area contributed by atoms with Crippen molar-refractivity contribution in [2.75, 3.05) is 42.6 Å². The van der Waals surface area contributed by atoms with Crippen molar-refractivity contribution in [3.8, 4) is 5.88 Å². The summed E-state index contributed by atoms with van der Waals surface area (Å²) in [6.45, 7) is 5.08. The molecule has 0 amide bonds. The van der Waals surface area contributed by atoms with Crippen LogP contribution in [-0.2, 0) is 0 Å². The zero-order valence-electron chi connectivity index (χ0n) is 14.8. The molecule has 0 saturated carbocycles. The van der Waals surface area contributed by atoms with E-state index in [1.165, 1.54) is 6.33 Å². The van der Waals surface area contributed by atoms with Gasteiger partial charge in [0.1, 0.15) is 12.1 Å². The molecule has 0 atom stereocenters. The van der Waals surface area contributed by atoms with Crippen LogP contribution in [0.3, 0.4) is 0 Å². The van der Waals surface area contributed by atoms with Gasteiger partial charge in [-0.25, -0.2) is 23.7 Å². The van der Waals surface area contributed by atoms with Crippen LogP contribution in [0.4, 0.5) is 20.5 Å². The summed E-state index contributed by atoms with van der Waals surface area (Å²) in [5.41, 5.74) is 0.383. The summed E-state index contributed by atoms with van der Waals surface area (Å²) in [4.78, 5) is 21.1. The van der Waals surface area contributed by atoms with Crippen molar-refractivity contribution < 1.29 is 13.5 Å². The van der Waals surface area contributed by atoms with Crippen LogP contribution in [0.15, 0.2) is 30.7 Å². The van der Waals surface area contributed by atoms with Gasteiger partial charge in [-0.3, -0.25) is 0 Å². The van der Waals surface area contributed by atoms with Crippen molar-refractivity contribution >= 4 is 22.7 Å². The number of hydrogen-bond acceptors (Lipinski definition) is 7. The number of rotatable bonds is 4. The highest BCUT2D eigenvalue weighted by molar-refractivity contribution is 5.89. The molecule has 0 spiro atoms. The van der Waals surface area contributed by atoms with E-state index in [-0.39, 0.29) is 0 Å². The molecule has 4 rings (SSSR count). The maximum atomic E-state index is 13.7. The summed E-state index contributed by atoms with van der Waals surface area (Å²) in [7, 11) is 0. The lowest BCUT2D eigenvalue weighted by Crippen LogP contribution is -2.47. The molecule has 9 heteroatoms. The molecule has 0 aliphatic carbocycles. The highest BCUT2D eigenvalue weighted by atomic mass is 19.2. The molecule has 140 valence electrons. The quantitative estimate of drug-likeness (QED) is 0.697. The monoisotopic (exact) mass is 372 g/mol. The Hall–Kier alpha value is -3.10. The van der Waals surface area contributed by atoms with Gasteiger partial charge in [0.25, 0.3) is 0 Å². The molecule has 2 aromatic heterocycles. The third-order valence-corrected chi connectivity index (χ3v) is 4.43. The van der Waals surface area contributed by atoms with Crippen LogP contribution in [0, 0.1) is 11.6 Å². The number of benzene rings is 1. The predicted octanol–water partition coefficient (Wildman–Crippen LogP) is 2.42. The second-order valence-corrected chi connectivity index (χ2v) is 6.08. The molecule has 3 aromatic rings. The SMILES string of the molecule is CCOc1ccnc(N2CCN(c3ncnc4cc(F)c(F)cc34)CC2)n1. The number of aromatic nitrogens is 4. The Morgan fingerprint density at radius 3 is 2.52 bits per heavy atom. The number of anilines is 2. The van der Waals surface area contributed by atoms with Gasteiger partial charge >= 0.3 is 0 Å². The van der Waals surface area contributed by atoms with E-state index < -0.39 is 11.6 Å². The minimum atomic E-state index is -0.914. The maximum Gasteiger partial charge on any atom is 0.228 e. The first kappa shape index (κ1) is 17.3. The van der Waals surface area contributed by atoms with Crippen LogP contribution in [0.25, 0.3) is 10.9 Å². The second kappa shape index (κ2) is 7.26. The van der Waals surface area contributed by atoms with Gasteiger partial charge in [-0.1, -0.05) is 0 Å². The van der Waals surface area contributed by atoms with Gasteiger partial charge in [-0.15, -0.1) is 0 Å². The van der Waals surface area contributed by atoms with Crippen LogP contribution < -0.4 is 14.5 Å². The third kappa shape index (κ3) is 3.44. The van der Waals surface area contributed by atoms with E-state index in [1.807, 2.05) is 11.8 Å². The Balaban J connectivity index is 1.54. The lowest BCUT2D eigenvalue weighted by molar-refractivity contribution is 0.326. The number of ether oxygens (including phenoxy) is 1. The van der Waals surface area contributed by atoms with Crippen LogP contribution >= 0.6 is 0 Å². The zero-order chi connectivity index (χ0) is 18.8. The number of fused-ring (bicyclic) bond motifs is 1. The Bertz CT molecular complexity index is 962. The van der Waals surface area contributed by atoms with Crippen molar-refractivity contribution in [2.24, 2.45) is 0 Å². The van der Waals surface area contributed by atoms with Crippen molar-refractivity contribution in [1.29, 1.82) is 0 Å². The van der Waals surface area contributed by atoms with Gasteiger partial charge in [0.15, 0.2) is 11.6 Å². The van der Waals surface area contributed by atoms with Crippen molar-refractivity contribution in [2.45, 2.75) is 6.92 Å². The summed E-state index contributed by atoms with van der Waals surface area (Å²) in [5, 5.41) is 0.499. The van der Waals surface area contributed by atoms with Crippen molar-refractivity contribution in [1.82, 2.24) is 19.9 Å². The predicted molar refractivity (Wildman–Crippen MR) is 97.1 cm³/mol. The summed E-state index contributed by atoms with van der Waals surface area (Å²) in [6.07, 6.45) is 3.05. The number of piperazine rings is 1. The summed E-state index contributed by atoms with van der Waals surface area (Å²) in [6, 6.07) is 3.98. The van der Waals surface area contributed by atoms with E-state index in [1.54, 1.807) is 12.3 Å². The molecule has 0 bridgehead atoms.